The number of amides is 3. The minimum atomic E-state index is 0.0353. The average Bonchev–Trinajstić information content (AvgIpc) is 3.11. The molecule has 1 aliphatic heterocycles. The molecule has 136 valence electrons. The van der Waals surface area contributed by atoms with Gasteiger partial charge in [0.15, 0.2) is 0 Å². The second kappa shape index (κ2) is 7.89. The molecule has 1 saturated heterocycles. The Balaban J connectivity index is 1.46. The SMILES string of the molecule is Cc1ccc(CC(=O)N2CCN(C(=O)NC3CCCC3)CC2)cc1C. The molecule has 1 aliphatic carbocycles. The third-order valence-electron chi connectivity index (χ3n) is 5.53. The molecule has 3 amide bonds. The van der Waals surface area contributed by atoms with E-state index < -0.39 is 0 Å². The number of nitrogens with one attached hydrogen (secondary N) is 1. The van der Waals surface area contributed by atoms with Crippen LogP contribution in [-0.2, 0) is 11.2 Å². The van der Waals surface area contributed by atoms with Gasteiger partial charge >= 0.3 is 6.03 Å². The largest absolute Gasteiger partial charge is 0.339 e. The Morgan fingerprint density at radius 1 is 1.00 bits per heavy atom. The van der Waals surface area contributed by atoms with E-state index in [0.29, 0.717) is 38.6 Å². The molecule has 1 aromatic rings. The lowest BCUT2D eigenvalue weighted by molar-refractivity contribution is -0.131. The number of nitrogens with zero attached hydrogens (tertiary/aromatic N) is 2. The predicted molar refractivity (Wildman–Crippen MR) is 98.6 cm³/mol. The smallest absolute Gasteiger partial charge is 0.317 e. The molecule has 2 aliphatic rings. The van der Waals surface area contributed by atoms with Crippen LogP contribution in [0, 0.1) is 13.8 Å². The van der Waals surface area contributed by atoms with Gasteiger partial charge in [0, 0.05) is 32.2 Å². The van der Waals surface area contributed by atoms with Crippen molar-refractivity contribution in [1.29, 1.82) is 0 Å². The van der Waals surface area contributed by atoms with Crippen molar-refractivity contribution in [2.45, 2.75) is 52.0 Å². The zero-order valence-corrected chi connectivity index (χ0v) is 15.4. The van der Waals surface area contributed by atoms with Gasteiger partial charge in [0.05, 0.1) is 6.42 Å². The van der Waals surface area contributed by atoms with Crippen LogP contribution < -0.4 is 5.32 Å². The first-order valence-electron chi connectivity index (χ1n) is 9.42. The maximum Gasteiger partial charge on any atom is 0.317 e. The van der Waals surface area contributed by atoms with Crippen molar-refractivity contribution in [2.24, 2.45) is 0 Å². The van der Waals surface area contributed by atoms with Gasteiger partial charge < -0.3 is 15.1 Å². The maximum absolute atomic E-state index is 12.5. The zero-order chi connectivity index (χ0) is 17.8. The zero-order valence-electron chi connectivity index (χ0n) is 15.4. The number of urea groups is 1. The topological polar surface area (TPSA) is 52.7 Å². The van der Waals surface area contributed by atoms with E-state index in [-0.39, 0.29) is 11.9 Å². The third-order valence-corrected chi connectivity index (χ3v) is 5.53. The van der Waals surface area contributed by atoms with Crippen LogP contribution in [0.15, 0.2) is 18.2 Å². The summed E-state index contributed by atoms with van der Waals surface area (Å²) in [6.45, 7) is 6.65. The van der Waals surface area contributed by atoms with Crippen molar-refractivity contribution in [3.8, 4) is 0 Å². The Hall–Kier alpha value is -2.04. The molecule has 0 spiro atoms. The quantitative estimate of drug-likeness (QED) is 0.917. The number of hydrogen-bond acceptors (Lipinski definition) is 2. The molecule has 1 N–H and O–H groups in total. The summed E-state index contributed by atoms with van der Waals surface area (Å²) < 4.78 is 0. The molecule has 5 heteroatoms. The minimum Gasteiger partial charge on any atom is -0.339 e. The van der Waals surface area contributed by atoms with E-state index in [0.717, 1.165) is 18.4 Å². The normalized spacial score (nSPS) is 18.5. The van der Waals surface area contributed by atoms with Crippen molar-refractivity contribution in [1.82, 2.24) is 15.1 Å². The summed E-state index contributed by atoms with van der Waals surface area (Å²) in [6.07, 6.45) is 5.06. The van der Waals surface area contributed by atoms with Gasteiger partial charge in [-0.2, -0.15) is 0 Å². The molecule has 1 aromatic carbocycles. The number of benzene rings is 1. The van der Waals surface area contributed by atoms with Crippen molar-refractivity contribution in [3.05, 3.63) is 34.9 Å². The van der Waals surface area contributed by atoms with E-state index in [2.05, 4.69) is 31.3 Å². The Morgan fingerprint density at radius 2 is 1.64 bits per heavy atom. The maximum atomic E-state index is 12.5. The molecule has 25 heavy (non-hydrogen) atoms. The van der Waals surface area contributed by atoms with Crippen molar-refractivity contribution < 1.29 is 9.59 Å². The Labute approximate surface area is 150 Å². The number of hydrogen-bond donors (Lipinski definition) is 1. The highest BCUT2D eigenvalue weighted by molar-refractivity contribution is 5.79. The summed E-state index contributed by atoms with van der Waals surface area (Å²) in [4.78, 5) is 28.6. The van der Waals surface area contributed by atoms with Gasteiger partial charge in [0.1, 0.15) is 0 Å². The summed E-state index contributed by atoms with van der Waals surface area (Å²) in [7, 11) is 0. The van der Waals surface area contributed by atoms with E-state index in [1.165, 1.54) is 24.0 Å². The monoisotopic (exact) mass is 343 g/mol. The van der Waals surface area contributed by atoms with Crippen LogP contribution in [0.4, 0.5) is 4.79 Å². The van der Waals surface area contributed by atoms with E-state index in [1.54, 1.807) is 0 Å². The van der Waals surface area contributed by atoms with Crippen molar-refractivity contribution in [3.63, 3.8) is 0 Å². The molecular formula is C20H29N3O2. The fourth-order valence-electron chi connectivity index (χ4n) is 3.69. The molecule has 0 aromatic heterocycles. The van der Waals surface area contributed by atoms with Gasteiger partial charge in [-0.1, -0.05) is 31.0 Å². The van der Waals surface area contributed by atoms with Crippen LogP contribution >= 0.6 is 0 Å². The highest BCUT2D eigenvalue weighted by Gasteiger charge is 2.26. The van der Waals surface area contributed by atoms with Gasteiger partial charge in [-0.15, -0.1) is 0 Å². The molecule has 5 nitrogen and oxygen atoms in total. The summed E-state index contributed by atoms with van der Waals surface area (Å²) in [6, 6.07) is 6.58. The molecule has 2 fully saturated rings. The van der Waals surface area contributed by atoms with Crippen LogP contribution in [0.5, 0.6) is 0 Å². The average molecular weight is 343 g/mol. The standard InChI is InChI=1S/C20H29N3O2/c1-15-7-8-17(13-16(15)2)14-19(24)22-9-11-23(12-10-22)20(25)21-18-5-3-4-6-18/h7-8,13,18H,3-6,9-12,14H2,1-2H3,(H,21,25). The number of piperazine rings is 1. The lowest BCUT2D eigenvalue weighted by atomic mass is 10.0. The fraction of sp³-hybridized carbons (Fsp3) is 0.600. The van der Waals surface area contributed by atoms with Crippen LogP contribution in [0.25, 0.3) is 0 Å². The van der Waals surface area contributed by atoms with Crippen LogP contribution in [-0.4, -0.2) is 54.0 Å². The molecule has 1 heterocycles. The highest BCUT2D eigenvalue weighted by atomic mass is 16.2. The summed E-state index contributed by atoms with van der Waals surface area (Å²) in [5.41, 5.74) is 3.53. The fourth-order valence-corrected chi connectivity index (χ4v) is 3.69. The van der Waals surface area contributed by atoms with Crippen molar-refractivity contribution >= 4 is 11.9 Å². The summed E-state index contributed by atoms with van der Waals surface area (Å²) >= 11 is 0. The number of aryl methyl sites for hydroxylation is 2. The molecule has 1 saturated carbocycles. The molecule has 0 bridgehead atoms. The van der Waals surface area contributed by atoms with Crippen molar-refractivity contribution in [2.75, 3.05) is 26.2 Å². The Kier molecular flexibility index (Phi) is 5.61. The number of carbonyl (C=O) groups is 2. The molecular weight excluding hydrogens is 314 g/mol. The molecule has 0 atom stereocenters. The molecule has 0 unspecified atom stereocenters. The Morgan fingerprint density at radius 3 is 2.28 bits per heavy atom. The molecule has 0 radical (unpaired) electrons. The van der Waals surface area contributed by atoms with Gasteiger partial charge in [-0.05, 0) is 43.4 Å². The lowest BCUT2D eigenvalue weighted by Gasteiger charge is -2.35. The predicted octanol–water partition coefficient (Wildman–Crippen LogP) is 2.64. The van der Waals surface area contributed by atoms with Gasteiger partial charge in [-0.3, -0.25) is 4.79 Å². The van der Waals surface area contributed by atoms with Crippen LogP contribution in [0.2, 0.25) is 0 Å². The third kappa shape index (κ3) is 4.53. The van der Waals surface area contributed by atoms with Gasteiger partial charge in [0.2, 0.25) is 5.91 Å². The summed E-state index contributed by atoms with van der Waals surface area (Å²) in [5, 5.41) is 3.13. The second-order valence-electron chi connectivity index (χ2n) is 7.39. The first-order chi connectivity index (χ1) is 12.0. The van der Waals surface area contributed by atoms with Gasteiger partial charge in [0.25, 0.3) is 0 Å². The van der Waals surface area contributed by atoms with E-state index in [1.807, 2.05) is 15.9 Å². The number of carbonyl (C=O) groups excluding carboxylic acids is 2. The van der Waals surface area contributed by atoms with E-state index in [9.17, 15) is 9.59 Å². The first-order valence-corrected chi connectivity index (χ1v) is 9.42. The van der Waals surface area contributed by atoms with Crippen LogP contribution in [0.1, 0.15) is 42.4 Å². The highest BCUT2D eigenvalue weighted by Crippen LogP contribution is 2.18. The Bertz CT molecular complexity index is 630. The van der Waals surface area contributed by atoms with Crippen LogP contribution in [0.3, 0.4) is 0 Å². The summed E-state index contributed by atoms with van der Waals surface area (Å²) in [5.74, 6) is 0.152. The van der Waals surface area contributed by atoms with E-state index in [4.69, 9.17) is 0 Å². The minimum absolute atomic E-state index is 0.0353. The lowest BCUT2D eigenvalue weighted by Crippen LogP contribution is -2.54. The number of rotatable bonds is 3. The first kappa shape index (κ1) is 17.8. The van der Waals surface area contributed by atoms with E-state index >= 15 is 0 Å². The second-order valence-corrected chi connectivity index (χ2v) is 7.39. The van der Waals surface area contributed by atoms with Gasteiger partial charge in [-0.25, -0.2) is 4.79 Å². The molecule has 3 rings (SSSR count).